The zero-order chi connectivity index (χ0) is 13.9. The summed E-state index contributed by atoms with van der Waals surface area (Å²) in [6, 6.07) is 8.03. The van der Waals surface area contributed by atoms with Gasteiger partial charge in [-0.3, -0.25) is 9.89 Å². The summed E-state index contributed by atoms with van der Waals surface area (Å²) >= 11 is 0. The molecule has 20 heavy (non-hydrogen) atoms. The summed E-state index contributed by atoms with van der Waals surface area (Å²) in [6.07, 6.45) is 3.31. The van der Waals surface area contributed by atoms with Crippen LogP contribution in [0.15, 0.2) is 30.5 Å². The number of hydrogen-bond donors (Lipinski definition) is 3. The minimum atomic E-state index is -0.196. The van der Waals surface area contributed by atoms with Crippen LogP contribution in [-0.2, 0) is 24.2 Å². The second-order valence-electron chi connectivity index (χ2n) is 5.02. The third-order valence-electron chi connectivity index (χ3n) is 3.74. The molecule has 3 N–H and O–H groups in total. The molecule has 0 aliphatic carbocycles. The number of rotatable bonds is 3. The lowest BCUT2D eigenvalue weighted by molar-refractivity contribution is -0.118. The summed E-state index contributed by atoms with van der Waals surface area (Å²) in [4.78, 5) is 12.3. The highest BCUT2D eigenvalue weighted by atomic mass is 16.2. The molecule has 2 heterocycles. The lowest BCUT2D eigenvalue weighted by Crippen LogP contribution is -2.44. The van der Waals surface area contributed by atoms with Gasteiger partial charge in [-0.05, 0) is 24.0 Å². The van der Waals surface area contributed by atoms with Crippen LogP contribution in [0.1, 0.15) is 23.6 Å². The predicted octanol–water partition coefficient (Wildman–Crippen LogP) is 1.63. The molecule has 1 aliphatic rings. The molecule has 0 saturated carbocycles. The van der Waals surface area contributed by atoms with Gasteiger partial charge >= 0.3 is 0 Å². The first-order chi connectivity index (χ1) is 9.78. The Morgan fingerprint density at radius 1 is 1.40 bits per heavy atom. The first-order valence-corrected chi connectivity index (χ1v) is 6.91. The van der Waals surface area contributed by atoms with E-state index in [1.54, 1.807) is 6.20 Å². The Kier molecular flexibility index (Phi) is 3.52. The van der Waals surface area contributed by atoms with Gasteiger partial charge in [0.05, 0.1) is 12.2 Å². The molecule has 104 valence electrons. The van der Waals surface area contributed by atoms with Gasteiger partial charge in [0.2, 0.25) is 5.91 Å². The Morgan fingerprint density at radius 2 is 2.20 bits per heavy atom. The van der Waals surface area contributed by atoms with Crippen LogP contribution in [-0.4, -0.2) is 22.1 Å². The largest absolute Gasteiger partial charge is 0.309 e. The van der Waals surface area contributed by atoms with Crippen molar-refractivity contribution in [2.45, 2.75) is 32.4 Å². The molecule has 3 rings (SSSR count). The van der Waals surface area contributed by atoms with E-state index >= 15 is 0 Å². The van der Waals surface area contributed by atoms with Crippen LogP contribution in [0.5, 0.6) is 0 Å². The van der Waals surface area contributed by atoms with E-state index in [-0.39, 0.29) is 11.9 Å². The summed E-state index contributed by atoms with van der Waals surface area (Å²) in [5.41, 5.74) is 3.54. The van der Waals surface area contributed by atoms with E-state index in [0.717, 1.165) is 24.9 Å². The van der Waals surface area contributed by atoms with Gasteiger partial charge in [0, 0.05) is 12.1 Å². The Morgan fingerprint density at radius 3 is 3.00 bits per heavy atom. The number of aromatic nitrogens is 2. The lowest BCUT2D eigenvalue weighted by Gasteiger charge is -2.25. The van der Waals surface area contributed by atoms with E-state index in [1.165, 1.54) is 11.1 Å². The number of carbonyl (C=O) groups is 1. The maximum atomic E-state index is 12.3. The molecule has 1 aromatic heterocycles. The zero-order valence-corrected chi connectivity index (χ0v) is 11.4. The second-order valence-corrected chi connectivity index (χ2v) is 5.02. The number of H-pyrrole nitrogens is 1. The minimum Gasteiger partial charge on any atom is -0.309 e. The highest BCUT2D eigenvalue weighted by molar-refractivity contribution is 5.95. The minimum absolute atomic E-state index is 0.0153. The Hall–Kier alpha value is -2.14. The number of benzene rings is 1. The van der Waals surface area contributed by atoms with Crippen molar-refractivity contribution >= 4 is 11.7 Å². The average Bonchev–Trinajstić information content (AvgIpc) is 2.94. The molecule has 1 aromatic carbocycles. The van der Waals surface area contributed by atoms with E-state index < -0.39 is 0 Å². The molecule has 0 bridgehead atoms. The first kappa shape index (κ1) is 12.9. The number of carbonyl (C=O) groups excluding carboxylic acids is 1. The van der Waals surface area contributed by atoms with Gasteiger partial charge in [0.1, 0.15) is 5.82 Å². The molecule has 0 radical (unpaired) electrons. The maximum absolute atomic E-state index is 12.3. The van der Waals surface area contributed by atoms with Crippen molar-refractivity contribution in [2.24, 2.45) is 0 Å². The molecule has 5 heteroatoms. The number of aromatic amines is 1. The summed E-state index contributed by atoms with van der Waals surface area (Å²) in [5, 5.41) is 13.0. The molecule has 5 nitrogen and oxygen atoms in total. The fraction of sp³-hybridized carbons (Fsp3) is 0.333. The van der Waals surface area contributed by atoms with Crippen LogP contribution >= 0.6 is 0 Å². The summed E-state index contributed by atoms with van der Waals surface area (Å²) < 4.78 is 0. The summed E-state index contributed by atoms with van der Waals surface area (Å²) in [5.74, 6) is 0.691. The number of nitrogens with one attached hydrogen (secondary N) is 3. The van der Waals surface area contributed by atoms with Crippen molar-refractivity contribution in [3.8, 4) is 0 Å². The van der Waals surface area contributed by atoms with Crippen molar-refractivity contribution in [3.63, 3.8) is 0 Å². The standard InChI is InChI=1S/C15H18N4O/c1-2-10-9-17-19-14(10)18-15(20)13-7-11-5-3-4-6-12(11)8-16-13/h3-6,9,13,16H,2,7-8H2,1H3,(H2,17,18,19,20)/t13-/m1/s1. The van der Waals surface area contributed by atoms with Gasteiger partial charge in [0.25, 0.3) is 0 Å². The van der Waals surface area contributed by atoms with Gasteiger partial charge < -0.3 is 10.6 Å². The Bertz CT molecular complexity index is 620. The maximum Gasteiger partial charge on any atom is 0.243 e. The third-order valence-corrected chi connectivity index (χ3v) is 3.74. The van der Waals surface area contributed by atoms with Gasteiger partial charge in [0.15, 0.2) is 0 Å². The van der Waals surface area contributed by atoms with Crippen LogP contribution in [0, 0.1) is 0 Å². The van der Waals surface area contributed by atoms with Crippen LogP contribution < -0.4 is 10.6 Å². The number of anilines is 1. The lowest BCUT2D eigenvalue weighted by atomic mass is 9.95. The van der Waals surface area contributed by atoms with Crippen molar-refractivity contribution in [3.05, 3.63) is 47.2 Å². The quantitative estimate of drug-likeness (QED) is 0.794. The van der Waals surface area contributed by atoms with Crippen LogP contribution in [0.4, 0.5) is 5.82 Å². The van der Waals surface area contributed by atoms with Crippen molar-refractivity contribution in [1.82, 2.24) is 15.5 Å². The monoisotopic (exact) mass is 270 g/mol. The fourth-order valence-electron chi connectivity index (χ4n) is 2.54. The Balaban J connectivity index is 1.70. The van der Waals surface area contributed by atoms with Gasteiger partial charge in [-0.1, -0.05) is 31.2 Å². The smallest absolute Gasteiger partial charge is 0.243 e. The van der Waals surface area contributed by atoms with E-state index in [1.807, 2.05) is 19.1 Å². The molecule has 0 fully saturated rings. The van der Waals surface area contributed by atoms with Crippen LogP contribution in [0.25, 0.3) is 0 Å². The molecule has 1 atom stereocenters. The average molecular weight is 270 g/mol. The molecular formula is C15H18N4O. The van der Waals surface area contributed by atoms with Crippen molar-refractivity contribution < 1.29 is 4.79 Å². The first-order valence-electron chi connectivity index (χ1n) is 6.91. The number of fused-ring (bicyclic) bond motifs is 1. The topological polar surface area (TPSA) is 69.8 Å². The van der Waals surface area contributed by atoms with E-state index in [0.29, 0.717) is 5.82 Å². The zero-order valence-electron chi connectivity index (χ0n) is 11.4. The molecule has 0 spiro atoms. The highest BCUT2D eigenvalue weighted by Crippen LogP contribution is 2.18. The van der Waals surface area contributed by atoms with Gasteiger partial charge in [-0.2, -0.15) is 5.10 Å². The predicted molar refractivity (Wildman–Crippen MR) is 77.4 cm³/mol. The highest BCUT2D eigenvalue weighted by Gasteiger charge is 2.24. The molecular weight excluding hydrogens is 252 g/mol. The van der Waals surface area contributed by atoms with Gasteiger partial charge in [-0.25, -0.2) is 0 Å². The van der Waals surface area contributed by atoms with E-state index in [9.17, 15) is 4.79 Å². The Labute approximate surface area is 117 Å². The van der Waals surface area contributed by atoms with Crippen molar-refractivity contribution in [1.29, 1.82) is 0 Å². The number of hydrogen-bond acceptors (Lipinski definition) is 3. The second kappa shape index (κ2) is 5.46. The summed E-state index contributed by atoms with van der Waals surface area (Å²) in [6.45, 7) is 2.77. The molecule has 1 amide bonds. The van der Waals surface area contributed by atoms with Crippen molar-refractivity contribution in [2.75, 3.05) is 5.32 Å². The third kappa shape index (κ3) is 2.44. The molecule has 0 saturated heterocycles. The molecule has 1 aliphatic heterocycles. The number of aryl methyl sites for hydroxylation is 1. The normalized spacial score (nSPS) is 17.6. The van der Waals surface area contributed by atoms with Gasteiger partial charge in [-0.15, -0.1) is 0 Å². The molecule has 0 unspecified atom stereocenters. The number of amides is 1. The van der Waals surface area contributed by atoms with E-state index in [4.69, 9.17) is 0 Å². The molecule has 2 aromatic rings. The number of nitrogens with zero attached hydrogens (tertiary/aromatic N) is 1. The van der Waals surface area contributed by atoms with Crippen LogP contribution in [0.2, 0.25) is 0 Å². The van der Waals surface area contributed by atoms with Crippen LogP contribution in [0.3, 0.4) is 0 Å². The SMILES string of the molecule is CCc1cn[nH]c1NC(=O)[C@H]1Cc2ccccc2CN1. The summed E-state index contributed by atoms with van der Waals surface area (Å²) in [7, 11) is 0. The fourth-order valence-corrected chi connectivity index (χ4v) is 2.54. The van der Waals surface area contributed by atoms with E-state index in [2.05, 4.69) is 33.0 Å².